The SMILES string of the molecule is CC(=O)OC(C)(C)c1ccc([SiH3])cc1. The van der Waals surface area contributed by atoms with Gasteiger partial charge in [0.25, 0.3) is 0 Å². The highest BCUT2D eigenvalue weighted by Crippen LogP contribution is 2.23. The predicted molar refractivity (Wildman–Crippen MR) is 60.8 cm³/mol. The largest absolute Gasteiger partial charge is 0.455 e. The van der Waals surface area contributed by atoms with Gasteiger partial charge in [-0.05, 0) is 19.4 Å². The molecule has 0 spiro atoms. The molecule has 14 heavy (non-hydrogen) atoms. The average molecular weight is 208 g/mol. The van der Waals surface area contributed by atoms with Crippen molar-refractivity contribution in [1.82, 2.24) is 0 Å². The Kier molecular flexibility index (Phi) is 3.11. The molecule has 0 aliphatic carbocycles. The van der Waals surface area contributed by atoms with Gasteiger partial charge in [-0.15, -0.1) is 0 Å². The van der Waals surface area contributed by atoms with Gasteiger partial charge in [0.2, 0.25) is 0 Å². The van der Waals surface area contributed by atoms with E-state index in [2.05, 4.69) is 12.1 Å². The molecular weight excluding hydrogens is 192 g/mol. The maximum Gasteiger partial charge on any atom is 0.303 e. The molecular formula is C11H16O2Si. The predicted octanol–water partition coefficient (Wildman–Crippen LogP) is 0.475. The maximum absolute atomic E-state index is 10.9. The lowest BCUT2D eigenvalue weighted by atomic mass is 9.98. The van der Waals surface area contributed by atoms with Crippen molar-refractivity contribution in [1.29, 1.82) is 0 Å². The first-order valence-corrected chi connectivity index (χ1v) is 5.68. The average Bonchev–Trinajstić information content (AvgIpc) is 2.02. The van der Waals surface area contributed by atoms with Gasteiger partial charge in [-0.1, -0.05) is 29.5 Å². The lowest BCUT2D eigenvalue weighted by Crippen LogP contribution is -2.24. The van der Waals surface area contributed by atoms with E-state index in [4.69, 9.17) is 4.74 Å². The maximum atomic E-state index is 10.9. The quantitative estimate of drug-likeness (QED) is 0.522. The lowest BCUT2D eigenvalue weighted by molar-refractivity contribution is -0.154. The van der Waals surface area contributed by atoms with Crippen molar-refractivity contribution in [2.24, 2.45) is 0 Å². The monoisotopic (exact) mass is 208 g/mol. The van der Waals surface area contributed by atoms with E-state index in [1.165, 1.54) is 12.1 Å². The standard InChI is InChI=1S/C11H16O2Si/c1-8(12)13-11(2,3)9-4-6-10(14)7-5-9/h4-7H,1-3,14H3. The summed E-state index contributed by atoms with van der Waals surface area (Å²) in [6.07, 6.45) is 0. The molecule has 2 nitrogen and oxygen atoms in total. The molecule has 3 heteroatoms. The minimum absolute atomic E-state index is 0.245. The highest BCUT2D eigenvalue weighted by Gasteiger charge is 2.23. The van der Waals surface area contributed by atoms with Crippen molar-refractivity contribution in [2.45, 2.75) is 26.4 Å². The first kappa shape index (κ1) is 11.0. The zero-order valence-corrected chi connectivity index (χ0v) is 11.1. The number of benzene rings is 1. The summed E-state index contributed by atoms with van der Waals surface area (Å²) >= 11 is 0. The van der Waals surface area contributed by atoms with Crippen LogP contribution in [0.5, 0.6) is 0 Å². The van der Waals surface area contributed by atoms with E-state index in [1.807, 2.05) is 26.0 Å². The number of carbonyl (C=O) groups is 1. The Morgan fingerprint density at radius 3 is 2.21 bits per heavy atom. The van der Waals surface area contributed by atoms with Gasteiger partial charge in [0.15, 0.2) is 0 Å². The van der Waals surface area contributed by atoms with Crippen LogP contribution >= 0.6 is 0 Å². The normalized spacial score (nSPS) is 11.4. The molecule has 0 amide bonds. The second kappa shape index (κ2) is 3.96. The molecule has 0 aromatic heterocycles. The third-order valence-electron chi connectivity index (χ3n) is 2.15. The van der Waals surface area contributed by atoms with Crippen molar-refractivity contribution in [3.8, 4) is 0 Å². The lowest BCUT2D eigenvalue weighted by Gasteiger charge is -2.24. The zero-order chi connectivity index (χ0) is 10.8. The van der Waals surface area contributed by atoms with Gasteiger partial charge >= 0.3 is 5.97 Å². The smallest absolute Gasteiger partial charge is 0.303 e. The van der Waals surface area contributed by atoms with Crippen LogP contribution in [0.3, 0.4) is 0 Å². The molecule has 0 bridgehead atoms. The van der Waals surface area contributed by atoms with Gasteiger partial charge in [-0.2, -0.15) is 0 Å². The second-order valence-electron chi connectivity index (χ2n) is 3.97. The minimum Gasteiger partial charge on any atom is -0.455 e. The molecule has 0 atom stereocenters. The van der Waals surface area contributed by atoms with Gasteiger partial charge in [0.05, 0.1) is 0 Å². The number of esters is 1. The van der Waals surface area contributed by atoms with E-state index in [1.54, 1.807) is 0 Å². The van der Waals surface area contributed by atoms with Gasteiger partial charge in [0, 0.05) is 17.2 Å². The van der Waals surface area contributed by atoms with Crippen LogP contribution in [0.1, 0.15) is 26.3 Å². The van der Waals surface area contributed by atoms with Crippen LogP contribution < -0.4 is 5.19 Å². The van der Waals surface area contributed by atoms with Gasteiger partial charge < -0.3 is 4.74 Å². The summed E-state index contributed by atoms with van der Waals surface area (Å²) in [5, 5.41) is 1.34. The first-order valence-electron chi connectivity index (χ1n) is 4.68. The third-order valence-corrected chi connectivity index (χ3v) is 2.81. The fourth-order valence-electron chi connectivity index (χ4n) is 1.37. The van der Waals surface area contributed by atoms with E-state index in [0.717, 1.165) is 15.8 Å². The topological polar surface area (TPSA) is 26.3 Å². The van der Waals surface area contributed by atoms with Crippen molar-refractivity contribution in [3.05, 3.63) is 29.8 Å². The van der Waals surface area contributed by atoms with Crippen molar-refractivity contribution < 1.29 is 9.53 Å². The Morgan fingerprint density at radius 2 is 1.79 bits per heavy atom. The second-order valence-corrected chi connectivity index (χ2v) is 5.12. The first-order chi connectivity index (χ1) is 6.42. The van der Waals surface area contributed by atoms with Crippen molar-refractivity contribution >= 4 is 21.4 Å². The van der Waals surface area contributed by atoms with Crippen LogP contribution in [0.4, 0.5) is 0 Å². The van der Waals surface area contributed by atoms with Crippen molar-refractivity contribution in [2.75, 3.05) is 0 Å². The van der Waals surface area contributed by atoms with Gasteiger partial charge in [-0.3, -0.25) is 4.79 Å². The van der Waals surface area contributed by atoms with Gasteiger partial charge in [0.1, 0.15) is 5.60 Å². The highest BCUT2D eigenvalue weighted by molar-refractivity contribution is 6.32. The van der Waals surface area contributed by atoms with E-state index >= 15 is 0 Å². The molecule has 1 aromatic rings. The summed E-state index contributed by atoms with van der Waals surface area (Å²) in [6.45, 7) is 5.23. The third kappa shape index (κ3) is 2.70. The fourth-order valence-corrected chi connectivity index (χ4v) is 1.71. The summed E-state index contributed by atoms with van der Waals surface area (Å²) < 4.78 is 5.24. The zero-order valence-electron chi connectivity index (χ0n) is 9.13. The number of carbonyl (C=O) groups excluding carboxylic acids is 1. The molecule has 0 saturated heterocycles. The van der Waals surface area contributed by atoms with Crippen molar-refractivity contribution in [3.63, 3.8) is 0 Å². The molecule has 0 heterocycles. The molecule has 0 fully saturated rings. The number of hydrogen-bond acceptors (Lipinski definition) is 2. The van der Waals surface area contributed by atoms with Crippen LogP contribution in [-0.4, -0.2) is 16.2 Å². The molecule has 0 aliphatic heterocycles. The van der Waals surface area contributed by atoms with E-state index in [-0.39, 0.29) is 5.97 Å². The van der Waals surface area contributed by atoms with Crippen LogP contribution in [-0.2, 0) is 15.1 Å². The number of hydrogen-bond donors (Lipinski definition) is 0. The minimum atomic E-state index is -0.527. The van der Waals surface area contributed by atoms with Crippen LogP contribution in [0.25, 0.3) is 0 Å². The summed E-state index contributed by atoms with van der Waals surface area (Å²) in [4.78, 5) is 10.9. The molecule has 1 rings (SSSR count). The molecule has 0 N–H and O–H groups in total. The summed E-state index contributed by atoms with van der Waals surface area (Å²) in [5.74, 6) is -0.245. The summed E-state index contributed by atoms with van der Waals surface area (Å²) in [7, 11) is 1.05. The molecule has 0 radical (unpaired) electrons. The summed E-state index contributed by atoms with van der Waals surface area (Å²) in [5.41, 5.74) is 0.508. The Hall–Kier alpha value is -1.09. The van der Waals surface area contributed by atoms with E-state index < -0.39 is 5.60 Å². The molecule has 0 unspecified atom stereocenters. The summed E-state index contributed by atoms with van der Waals surface area (Å²) in [6, 6.07) is 8.19. The Balaban J connectivity index is 2.91. The van der Waals surface area contributed by atoms with E-state index in [9.17, 15) is 4.79 Å². The van der Waals surface area contributed by atoms with Crippen LogP contribution in [0, 0.1) is 0 Å². The Labute approximate surface area is 87.7 Å². The number of rotatable bonds is 2. The molecule has 0 aliphatic rings. The Morgan fingerprint density at radius 1 is 1.29 bits per heavy atom. The molecule has 0 saturated carbocycles. The van der Waals surface area contributed by atoms with Crippen LogP contribution in [0.15, 0.2) is 24.3 Å². The number of ether oxygens (including phenoxy) is 1. The van der Waals surface area contributed by atoms with Crippen LogP contribution in [0.2, 0.25) is 0 Å². The molecule has 76 valence electrons. The Bertz CT molecular complexity index is 328. The van der Waals surface area contributed by atoms with E-state index in [0.29, 0.717) is 0 Å². The highest BCUT2D eigenvalue weighted by atomic mass is 28.1. The molecule has 1 aromatic carbocycles. The van der Waals surface area contributed by atoms with Gasteiger partial charge in [-0.25, -0.2) is 0 Å². The fraction of sp³-hybridized carbons (Fsp3) is 0.364.